The maximum atomic E-state index is 12.4. The van der Waals surface area contributed by atoms with E-state index in [0.29, 0.717) is 18.1 Å². The number of carbonyl (C=O) groups excluding carboxylic acids is 1. The SMILES string of the molecule is O=C(c1nc(-c2cccs2)cs1)N1CC(Nc2cccnn2)C1. The van der Waals surface area contributed by atoms with Crippen molar-refractivity contribution >= 4 is 34.4 Å². The number of rotatable bonds is 4. The largest absolute Gasteiger partial charge is 0.362 e. The van der Waals surface area contributed by atoms with Crippen LogP contribution < -0.4 is 5.32 Å². The van der Waals surface area contributed by atoms with Gasteiger partial charge in [0, 0.05) is 24.7 Å². The molecule has 0 atom stereocenters. The van der Waals surface area contributed by atoms with Crippen molar-refractivity contribution in [1.82, 2.24) is 20.1 Å². The molecule has 0 unspecified atom stereocenters. The number of nitrogens with one attached hydrogen (secondary N) is 1. The van der Waals surface area contributed by atoms with Crippen molar-refractivity contribution in [3.05, 3.63) is 46.2 Å². The van der Waals surface area contributed by atoms with Crippen molar-refractivity contribution in [1.29, 1.82) is 0 Å². The summed E-state index contributed by atoms with van der Waals surface area (Å²) in [5.74, 6) is 0.730. The Bertz CT molecular complexity index is 796. The van der Waals surface area contributed by atoms with Crippen LogP contribution in [0, 0.1) is 0 Å². The second-order valence-electron chi connectivity index (χ2n) is 5.18. The average molecular weight is 343 g/mol. The second kappa shape index (κ2) is 6.05. The third-order valence-electron chi connectivity index (χ3n) is 3.55. The van der Waals surface area contributed by atoms with Crippen molar-refractivity contribution in [2.24, 2.45) is 0 Å². The van der Waals surface area contributed by atoms with Gasteiger partial charge in [0.05, 0.1) is 16.6 Å². The van der Waals surface area contributed by atoms with Crippen LogP contribution in [0.5, 0.6) is 0 Å². The lowest BCUT2D eigenvalue weighted by atomic mass is 10.1. The first-order valence-electron chi connectivity index (χ1n) is 7.12. The normalized spacial score (nSPS) is 14.5. The summed E-state index contributed by atoms with van der Waals surface area (Å²) in [6, 6.07) is 7.91. The molecule has 1 saturated heterocycles. The first-order valence-corrected chi connectivity index (χ1v) is 8.88. The van der Waals surface area contributed by atoms with Crippen LogP contribution in [-0.4, -0.2) is 45.1 Å². The molecule has 116 valence electrons. The number of carbonyl (C=O) groups is 1. The molecule has 0 saturated carbocycles. The summed E-state index contributed by atoms with van der Waals surface area (Å²) in [7, 11) is 0. The molecule has 0 aliphatic carbocycles. The molecule has 3 aromatic rings. The number of anilines is 1. The van der Waals surface area contributed by atoms with Gasteiger partial charge in [0.25, 0.3) is 5.91 Å². The van der Waals surface area contributed by atoms with Crippen LogP contribution in [0.2, 0.25) is 0 Å². The minimum atomic E-state index is -0.00463. The number of hydrogen-bond acceptors (Lipinski definition) is 7. The Hall–Kier alpha value is -2.32. The van der Waals surface area contributed by atoms with Gasteiger partial charge in [-0.25, -0.2) is 4.98 Å². The van der Waals surface area contributed by atoms with E-state index >= 15 is 0 Å². The maximum absolute atomic E-state index is 12.4. The van der Waals surface area contributed by atoms with Crippen molar-refractivity contribution in [2.45, 2.75) is 6.04 Å². The molecule has 0 bridgehead atoms. The second-order valence-corrected chi connectivity index (χ2v) is 6.98. The topological polar surface area (TPSA) is 71.0 Å². The predicted molar refractivity (Wildman–Crippen MR) is 90.8 cm³/mol. The number of thiazole rings is 1. The van der Waals surface area contributed by atoms with Crippen LogP contribution in [-0.2, 0) is 0 Å². The summed E-state index contributed by atoms with van der Waals surface area (Å²) in [4.78, 5) is 19.8. The van der Waals surface area contributed by atoms with Crippen LogP contribution in [0.4, 0.5) is 5.82 Å². The summed E-state index contributed by atoms with van der Waals surface area (Å²) in [5.41, 5.74) is 0.878. The molecule has 0 radical (unpaired) electrons. The van der Waals surface area contributed by atoms with E-state index in [0.717, 1.165) is 16.4 Å². The summed E-state index contributed by atoms with van der Waals surface area (Å²) >= 11 is 3.03. The Balaban J connectivity index is 1.36. The predicted octanol–water partition coefficient (Wildman–Crippen LogP) is 2.60. The van der Waals surface area contributed by atoms with Gasteiger partial charge < -0.3 is 10.2 Å². The molecule has 3 aromatic heterocycles. The monoisotopic (exact) mass is 343 g/mol. The van der Waals surface area contributed by atoms with Gasteiger partial charge in [0.1, 0.15) is 5.82 Å². The Kier molecular flexibility index (Phi) is 3.76. The third-order valence-corrected chi connectivity index (χ3v) is 5.28. The number of thiophene rings is 1. The molecule has 1 N–H and O–H groups in total. The molecule has 23 heavy (non-hydrogen) atoms. The lowest BCUT2D eigenvalue weighted by Gasteiger charge is -2.39. The smallest absolute Gasteiger partial charge is 0.282 e. The Morgan fingerprint density at radius 3 is 2.91 bits per heavy atom. The molecule has 1 aliphatic heterocycles. The molecule has 0 aromatic carbocycles. The molecule has 1 fully saturated rings. The van der Waals surface area contributed by atoms with Gasteiger partial charge >= 0.3 is 0 Å². The van der Waals surface area contributed by atoms with Crippen molar-refractivity contribution in [3.63, 3.8) is 0 Å². The first-order chi connectivity index (χ1) is 11.3. The fourth-order valence-corrected chi connectivity index (χ4v) is 3.91. The molecular weight excluding hydrogens is 330 g/mol. The number of likely N-dealkylation sites (tertiary alicyclic amines) is 1. The lowest BCUT2D eigenvalue weighted by molar-refractivity contribution is 0.0624. The van der Waals surface area contributed by atoms with Gasteiger partial charge in [-0.1, -0.05) is 6.07 Å². The molecule has 6 nitrogen and oxygen atoms in total. The van der Waals surface area contributed by atoms with Crippen LogP contribution in [0.25, 0.3) is 10.6 Å². The minimum absolute atomic E-state index is 0.00463. The highest BCUT2D eigenvalue weighted by Gasteiger charge is 2.32. The summed E-state index contributed by atoms with van der Waals surface area (Å²) in [6.07, 6.45) is 1.63. The van der Waals surface area contributed by atoms with Crippen LogP contribution in [0.3, 0.4) is 0 Å². The van der Waals surface area contributed by atoms with E-state index in [4.69, 9.17) is 0 Å². The van der Waals surface area contributed by atoms with Gasteiger partial charge in [-0.3, -0.25) is 4.79 Å². The number of hydrogen-bond donors (Lipinski definition) is 1. The zero-order chi connectivity index (χ0) is 15.6. The highest BCUT2D eigenvalue weighted by atomic mass is 32.1. The fourth-order valence-electron chi connectivity index (χ4n) is 2.37. The quantitative estimate of drug-likeness (QED) is 0.788. The van der Waals surface area contributed by atoms with Gasteiger partial charge in [-0.2, -0.15) is 5.10 Å². The van der Waals surface area contributed by atoms with Gasteiger partial charge in [0.15, 0.2) is 5.01 Å². The zero-order valence-corrected chi connectivity index (χ0v) is 13.7. The van der Waals surface area contributed by atoms with Crippen molar-refractivity contribution in [3.8, 4) is 10.6 Å². The number of nitrogens with zero attached hydrogens (tertiary/aromatic N) is 4. The Morgan fingerprint density at radius 2 is 2.17 bits per heavy atom. The molecule has 4 rings (SSSR count). The van der Waals surface area contributed by atoms with E-state index in [9.17, 15) is 4.79 Å². The Labute approximate surface area is 140 Å². The van der Waals surface area contributed by atoms with E-state index in [1.165, 1.54) is 11.3 Å². The maximum Gasteiger partial charge on any atom is 0.282 e. The van der Waals surface area contributed by atoms with Crippen LogP contribution in [0.1, 0.15) is 9.80 Å². The lowest BCUT2D eigenvalue weighted by Crippen LogP contribution is -2.57. The van der Waals surface area contributed by atoms with Crippen molar-refractivity contribution < 1.29 is 4.79 Å². The van der Waals surface area contributed by atoms with Gasteiger partial charge in [-0.15, -0.1) is 27.8 Å². The standard InChI is InChI=1S/C15H13N5OS2/c21-15(14-18-11(9-23-14)12-3-2-6-22-12)20-7-10(8-20)17-13-4-1-5-16-19-13/h1-6,9-10H,7-8H2,(H,17,19). The average Bonchev–Trinajstić information content (AvgIpc) is 3.21. The van der Waals surface area contributed by atoms with E-state index < -0.39 is 0 Å². The highest BCUT2D eigenvalue weighted by molar-refractivity contribution is 7.15. The first kappa shape index (κ1) is 14.3. The number of aromatic nitrogens is 3. The van der Waals surface area contributed by atoms with Crippen LogP contribution >= 0.6 is 22.7 Å². The molecule has 1 aliphatic rings. The molecular formula is C15H13N5OS2. The van der Waals surface area contributed by atoms with E-state index in [-0.39, 0.29) is 11.9 Å². The van der Waals surface area contributed by atoms with Gasteiger partial charge in [-0.05, 0) is 23.6 Å². The molecule has 0 spiro atoms. The third kappa shape index (κ3) is 2.95. The Morgan fingerprint density at radius 1 is 1.26 bits per heavy atom. The molecule has 8 heteroatoms. The zero-order valence-electron chi connectivity index (χ0n) is 12.0. The summed E-state index contributed by atoms with van der Waals surface area (Å²) in [5, 5.41) is 15.6. The fraction of sp³-hybridized carbons (Fsp3) is 0.200. The van der Waals surface area contributed by atoms with Gasteiger partial charge in [0.2, 0.25) is 0 Å². The summed E-state index contributed by atoms with van der Waals surface area (Å²) < 4.78 is 0. The highest BCUT2D eigenvalue weighted by Crippen LogP contribution is 2.27. The molecule has 1 amide bonds. The minimum Gasteiger partial charge on any atom is -0.362 e. The molecule has 4 heterocycles. The number of amides is 1. The van der Waals surface area contributed by atoms with E-state index in [1.807, 2.05) is 35.0 Å². The van der Waals surface area contributed by atoms with Crippen molar-refractivity contribution in [2.75, 3.05) is 18.4 Å². The van der Waals surface area contributed by atoms with E-state index in [2.05, 4.69) is 20.5 Å². The van der Waals surface area contributed by atoms with E-state index in [1.54, 1.807) is 22.4 Å². The summed E-state index contributed by atoms with van der Waals surface area (Å²) in [6.45, 7) is 1.31. The van der Waals surface area contributed by atoms with Crippen LogP contribution in [0.15, 0.2) is 41.2 Å².